The van der Waals surface area contributed by atoms with Crippen LogP contribution in [0.4, 0.5) is 0 Å². The fourth-order valence-electron chi connectivity index (χ4n) is 2.73. The number of aryl methyl sites for hydroxylation is 1. The van der Waals surface area contributed by atoms with Crippen molar-refractivity contribution in [3.05, 3.63) is 23.2 Å². The molecule has 0 spiro atoms. The number of likely N-dealkylation sites (tertiary alicyclic amines) is 1. The molecule has 3 nitrogen and oxygen atoms in total. The molecule has 1 fully saturated rings. The van der Waals surface area contributed by atoms with E-state index in [1.54, 1.807) is 0 Å². The van der Waals surface area contributed by atoms with Crippen LogP contribution in [0, 0.1) is 12.3 Å². The molecule has 3 heteroatoms. The number of nitrogens with two attached hydrogens (primary N) is 1. The predicted molar refractivity (Wildman–Crippen MR) is 74.2 cm³/mol. The summed E-state index contributed by atoms with van der Waals surface area (Å²) in [6, 6.07) is 2.14. The summed E-state index contributed by atoms with van der Waals surface area (Å²) in [7, 11) is 0. The van der Waals surface area contributed by atoms with E-state index in [9.17, 15) is 0 Å². The van der Waals surface area contributed by atoms with Gasteiger partial charge in [0.2, 0.25) is 0 Å². The smallest absolute Gasteiger partial charge is 0.120 e. The summed E-state index contributed by atoms with van der Waals surface area (Å²) in [5, 5.41) is 0. The van der Waals surface area contributed by atoms with Crippen LogP contribution >= 0.6 is 0 Å². The molecular formula is C15H26N2O. The van der Waals surface area contributed by atoms with Crippen LogP contribution in [0.15, 0.2) is 10.5 Å². The maximum Gasteiger partial charge on any atom is 0.120 e. The molecule has 1 aliphatic rings. The largest absolute Gasteiger partial charge is 0.463 e. The van der Waals surface area contributed by atoms with Gasteiger partial charge < -0.3 is 10.2 Å². The van der Waals surface area contributed by atoms with Crippen molar-refractivity contribution >= 4 is 0 Å². The minimum absolute atomic E-state index is 0.496. The standard InChI is InChI=1S/C15H26N2O/c1-12-9-13(18-14(12)10-16)11-17-7-4-5-15(2,3)6-8-17/h9H,4-8,10-11,16H2,1-3H3. The van der Waals surface area contributed by atoms with Crippen LogP contribution in [-0.4, -0.2) is 18.0 Å². The highest BCUT2D eigenvalue weighted by Crippen LogP contribution is 2.30. The lowest BCUT2D eigenvalue weighted by Gasteiger charge is -2.22. The Bertz CT molecular complexity index is 395. The number of hydrogen-bond acceptors (Lipinski definition) is 3. The number of furan rings is 1. The van der Waals surface area contributed by atoms with Gasteiger partial charge in [-0.3, -0.25) is 4.90 Å². The first kappa shape index (κ1) is 13.6. The van der Waals surface area contributed by atoms with Crippen LogP contribution in [0.1, 0.15) is 50.2 Å². The van der Waals surface area contributed by atoms with E-state index in [4.69, 9.17) is 10.2 Å². The van der Waals surface area contributed by atoms with Crippen molar-refractivity contribution in [3.8, 4) is 0 Å². The highest BCUT2D eigenvalue weighted by Gasteiger charge is 2.23. The van der Waals surface area contributed by atoms with Crippen LogP contribution in [-0.2, 0) is 13.1 Å². The van der Waals surface area contributed by atoms with Crippen LogP contribution < -0.4 is 5.73 Å². The summed E-state index contributed by atoms with van der Waals surface area (Å²) in [4.78, 5) is 2.51. The molecule has 0 aromatic carbocycles. The van der Waals surface area contributed by atoms with Crippen LogP contribution in [0.3, 0.4) is 0 Å². The summed E-state index contributed by atoms with van der Waals surface area (Å²) >= 11 is 0. The monoisotopic (exact) mass is 250 g/mol. The molecule has 0 amide bonds. The van der Waals surface area contributed by atoms with Crippen molar-refractivity contribution in [2.24, 2.45) is 11.1 Å². The molecule has 0 unspecified atom stereocenters. The molecule has 0 bridgehead atoms. The lowest BCUT2D eigenvalue weighted by molar-refractivity contribution is 0.236. The Morgan fingerprint density at radius 2 is 2.11 bits per heavy atom. The molecule has 2 N–H and O–H groups in total. The molecule has 1 saturated heterocycles. The Kier molecular flexibility index (Phi) is 4.13. The molecule has 0 atom stereocenters. The summed E-state index contributed by atoms with van der Waals surface area (Å²) < 4.78 is 5.79. The molecule has 1 aromatic heterocycles. The molecule has 2 heterocycles. The Hall–Kier alpha value is -0.800. The minimum atomic E-state index is 0.496. The van der Waals surface area contributed by atoms with Gasteiger partial charge in [0, 0.05) is 0 Å². The van der Waals surface area contributed by atoms with E-state index in [2.05, 4.69) is 31.7 Å². The van der Waals surface area contributed by atoms with E-state index in [1.165, 1.54) is 37.9 Å². The van der Waals surface area contributed by atoms with Gasteiger partial charge in [0.15, 0.2) is 0 Å². The van der Waals surface area contributed by atoms with Crippen molar-refractivity contribution in [1.82, 2.24) is 4.90 Å². The maximum absolute atomic E-state index is 5.79. The molecule has 0 radical (unpaired) electrons. The molecule has 0 aliphatic carbocycles. The Balaban J connectivity index is 1.96. The SMILES string of the molecule is Cc1cc(CN2CCCC(C)(C)CC2)oc1CN. The zero-order chi connectivity index (χ0) is 13.2. The fraction of sp³-hybridized carbons (Fsp3) is 0.733. The lowest BCUT2D eigenvalue weighted by Crippen LogP contribution is -2.24. The van der Waals surface area contributed by atoms with E-state index in [0.29, 0.717) is 12.0 Å². The van der Waals surface area contributed by atoms with E-state index < -0.39 is 0 Å². The molecule has 102 valence electrons. The van der Waals surface area contributed by atoms with Crippen LogP contribution in [0.25, 0.3) is 0 Å². The van der Waals surface area contributed by atoms with E-state index >= 15 is 0 Å². The Morgan fingerprint density at radius 3 is 2.78 bits per heavy atom. The highest BCUT2D eigenvalue weighted by molar-refractivity contribution is 5.19. The van der Waals surface area contributed by atoms with Gasteiger partial charge in [-0.25, -0.2) is 0 Å². The van der Waals surface area contributed by atoms with Crippen molar-refractivity contribution in [3.63, 3.8) is 0 Å². The normalized spacial score (nSPS) is 20.9. The molecular weight excluding hydrogens is 224 g/mol. The average molecular weight is 250 g/mol. The first-order valence-electron chi connectivity index (χ1n) is 7.01. The zero-order valence-corrected chi connectivity index (χ0v) is 12.0. The van der Waals surface area contributed by atoms with Gasteiger partial charge in [0.05, 0.1) is 13.1 Å². The summed E-state index contributed by atoms with van der Waals surface area (Å²) in [6.45, 7) is 10.6. The van der Waals surface area contributed by atoms with Gasteiger partial charge in [-0.15, -0.1) is 0 Å². The predicted octanol–water partition coefficient (Wildman–Crippen LogP) is 3.06. The van der Waals surface area contributed by atoms with Crippen molar-refractivity contribution < 1.29 is 4.42 Å². The van der Waals surface area contributed by atoms with Gasteiger partial charge in [-0.2, -0.15) is 0 Å². The van der Waals surface area contributed by atoms with Crippen molar-refractivity contribution in [1.29, 1.82) is 0 Å². The summed E-state index contributed by atoms with van der Waals surface area (Å²) in [5.41, 5.74) is 7.33. The molecule has 1 aromatic rings. The third kappa shape index (κ3) is 3.36. The van der Waals surface area contributed by atoms with Crippen LogP contribution in [0.2, 0.25) is 0 Å². The second-order valence-electron chi connectivity index (χ2n) is 6.32. The topological polar surface area (TPSA) is 42.4 Å². The van der Waals surface area contributed by atoms with E-state index in [-0.39, 0.29) is 0 Å². The summed E-state index contributed by atoms with van der Waals surface area (Å²) in [5.74, 6) is 1.99. The lowest BCUT2D eigenvalue weighted by atomic mass is 9.85. The number of hydrogen-bond donors (Lipinski definition) is 1. The van der Waals surface area contributed by atoms with E-state index in [0.717, 1.165) is 18.1 Å². The molecule has 18 heavy (non-hydrogen) atoms. The highest BCUT2D eigenvalue weighted by atomic mass is 16.3. The van der Waals surface area contributed by atoms with Gasteiger partial charge in [0.25, 0.3) is 0 Å². The first-order chi connectivity index (χ1) is 8.50. The maximum atomic E-state index is 5.79. The Labute approximate surface area is 110 Å². The molecule has 2 rings (SSSR count). The molecule has 1 aliphatic heterocycles. The third-order valence-corrected chi connectivity index (χ3v) is 4.07. The Morgan fingerprint density at radius 1 is 1.33 bits per heavy atom. The number of nitrogens with zero attached hydrogens (tertiary/aromatic N) is 1. The van der Waals surface area contributed by atoms with Crippen LogP contribution in [0.5, 0.6) is 0 Å². The third-order valence-electron chi connectivity index (χ3n) is 4.07. The number of rotatable bonds is 3. The molecule has 0 saturated carbocycles. The van der Waals surface area contributed by atoms with Crippen molar-refractivity contribution in [2.75, 3.05) is 13.1 Å². The van der Waals surface area contributed by atoms with Crippen molar-refractivity contribution in [2.45, 2.75) is 53.1 Å². The van der Waals surface area contributed by atoms with E-state index in [1.807, 2.05) is 0 Å². The van der Waals surface area contributed by atoms with Gasteiger partial charge in [-0.05, 0) is 56.3 Å². The van der Waals surface area contributed by atoms with Gasteiger partial charge in [-0.1, -0.05) is 13.8 Å². The average Bonchev–Trinajstić information content (AvgIpc) is 2.56. The second kappa shape index (κ2) is 5.45. The quantitative estimate of drug-likeness (QED) is 0.896. The minimum Gasteiger partial charge on any atom is -0.463 e. The van der Waals surface area contributed by atoms with Gasteiger partial charge >= 0.3 is 0 Å². The zero-order valence-electron chi connectivity index (χ0n) is 12.0. The fourth-order valence-corrected chi connectivity index (χ4v) is 2.73. The summed E-state index contributed by atoms with van der Waals surface area (Å²) in [6.07, 6.45) is 3.89. The first-order valence-corrected chi connectivity index (χ1v) is 7.01. The van der Waals surface area contributed by atoms with Gasteiger partial charge in [0.1, 0.15) is 11.5 Å². The second-order valence-corrected chi connectivity index (χ2v) is 6.32.